The van der Waals surface area contributed by atoms with Crippen LogP contribution in [0.5, 0.6) is 0 Å². The van der Waals surface area contributed by atoms with Gasteiger partial charge in [-0.15, -0.1) is 0 Å². The van der Waals surface area contributed by atoms with Crippen LogP contribution in [0, 0.1) is 20.8 Å². The monoisotopic (exact) mass is 360 g/mol. The van der Waals surface area contributed by atoms with Gasteiger partial charge in [-0.05, 0) is 60.0 Å². The fourth-order valence-electron chi connectivity index (χ4n) is 2.53. The molecule has 0 radical (unpaired) electrons. The van der Waals surface area contributed by atoms with E-state index < -0.39 is 5.97 Å². The molecule has 0 aromatic heterocycles. The molecule has 114 valence electrons. The van der Waals surface area contributed by atoms with Crippen molar-refractivity contribution in [2.75, 3.05) is 6.61 Å². The molecule has 2 aromatic carbocycles. The second kappa shape index (κ2) is 6.88. The maximum absolute atomic E-state index is 12.3. The summed E-state index contributed by atoms with van der Waals surface area (Å²) >= 11 is 3.29. The summed E-state index contributed by atoms with van der Waals surface area (Å²) in [4.78, 5) is 24.4. The molecule has 2 aromatic rings. The quantitative estimate of drug-likeness (QED) is 0.598. The van der Waals surface area contributed by atoms with Gasteiger partial charge >= 0.3 is 5.97 Å². The number of benzene rings is 2. The average Bonchev–Trinajstić information content (AvgIpc) is 2.44. The van der Waals surface area contributed by atoms with Gasteiger partial charge < -0.3 is 4.74 Å². The Kier molecular flexibility index (Phi) is 5.14. The van der Waals surface area contributed by atoms with Crippen molar-refractivity contribution in [3.8, 4) is 0 Å². The summed E-state index contributed by atoms with van der Waals surface area (Å²) in [5.41, 5.74) is 3.95. The molecule has 0 fully saturated rings. The van der Waals surface area contributed by atoms with Crippen LogP contribution in [0.3, 0.4) is 0 Å². The molecule has 0 saturated heterocycles. The molecule has 0 bridgehead atoms. The van der Waals surface area contributed by atoms with E-state index in [9.17, 15) is 9.59 Å². The van der Waals surface area contributed by atoms with Crippen LogP contribution in [0.25, 0.3) is 0 Å². The number of ketones is 1. The van der Waals surface area contributed by atoms with Crippen molar-refractivity contribution in [1.82, 2.24) is 0 Å². The van der Waals surface area contributed by atoms with Crippen molar-refractivity contribution < 1.29 is 14.3 Å². The number of Topliss-reactive ketones (excluding diaryl/α,β-unsaturated/α-hetero) is 1. The highest BCUT2D eigenvalue weighted by Crippen LogP contribution is 2.19. The van der Waals surface area contributed by atoms with E-state index in [1.54, 1.807) is 18.2 Å². The number of hydrogen-bond donors (Lipinski definition) is 0. The van der Waals surface area contributed by atoms with Crippen molar-refractivity contribution in [3.05, 3.63) is 68.7 Å². The molecule has 3 nitrogen and oxygen atoms in total. The molecule has 0 aliphatic rings. The third-order valence-corrected chi connectivity index (χ3v) is 4.08. The van der Waals surface area contributed by atoms with Gasteiger partial charge in [-0.1, -0.05) is 29.8 Å². The molecule has 0 heterocycles. The minimum atomic E-state index is -0.511. The summed E-state index contributed by atoms with van der Waals surface area (Å²) in [7, 11) is 0. The number of carbonyl (C=O) groups is 2. The first-order valence-corrected chi connectivity index (χ1v) is 7.72. The van der Waals surface area contributed by atoms with Crippen molar-refractivity contribution >= 4 is 27.7 Å². The summed E-state index contributed by atoms with van der Waals surface area (Å²) in [6.07, 6.45) is 0. The van der Waals surface area contributed by atoms with Gasteiger partial charge in [0.1, 0.15) is 0 Å². The van der Waals surface area contributed by atoms with Crippen LogP contribution in [-0.4, -0.2) is 18.4 Å². The van der Waals surface area contributed by atoms with Gasteiger partial charge in [0.2, 0.25) is 5.78 Å². The molecule has 0 N–H and O–H groups in total. The second-order valence-corrected chi connectivity index (χ2v) is 6.11. The summed E-state index contributed by atoms with van der Waals surface area (Å²) < 4.78 is 5.80. The molecular weight excluding hydrogens is 344 g/mol. The zero-order valence-corrected chi connectivity index (χ0v) is 14.4. The minimum absolute atomic E-state index is 0.185. The normalized spacial score (nSPS) is 10.4. The number of aryl methyl sites for hydroxylation is 3. The van der Waals surface area contributed by atoms with Crippen molar-refractivity contribution in [2.24, 2.45) is 0 Å². The Hall–Kier alpha value is -1.94. The first-order chi connectivity index (χ1) is 10.4. The predicted octanol–water partition coefficient (Wildman–Crippen LogP) is 4.41. The van der Waals surface area contributed by atoms with Gasteiger partial charge in [-0.25, -0.2) is 4.79 Å². The minimum Gasteiger partial charge on any atom is -0.454 e. The molecule has 0 saturated carbocycles. The molecule has 0 amide bonds. The van der Waals surface area contributed by atoms with Crippen LogP contribution in [0.4, 0.5) is 0 Å². The SMILES string of the molecule is Cc1cc(C)c(C(=O)COC(=O)c2ccccc2Br)c(C)c1. The third kappa shape index (κ3) is 3.63. The molecule has 22 heavy (non-hydrogen) atoms. The van der Waals surface area contributed by atoms with E-state index >= 15 is 0 Å². The number of hydrogen-bond acceptors (Lipinski definition) is 3. The lowest BCUT2D eigenvalue weighted by molar-refractivity contribution is 0.0473. The van der Waals surface area contributed by atoms with Crippen molar-refractivity contribution in [2.45, 2.75) is 20.8 Å². The number of esters is 1. The van der Waals surface area contributed by atoms with Crippen molar-refractivity contribution in [3.63, 3.8) is 0 Å². The molecule has 0 unspecified atom stereocenters. The van der Waals surface area contributed by atoms with Crippen LogP contribution in [0.15, 0.2) is 40.9 Å². The number of halogens is 1. The van der Waals surface area contributed by atoms with Gasteiger partial charge in [-0.3, -0.25) is 4.79 Å². The lowest BCUT2D eigenvalue weighted by Crippen LogP contribution is -2.16. The Bertz CT molecular complexity index is 712. The molecule has 4 heteroatoms. The largest absolute Gasteiger partial charge is 0.454 e. The maximum Gasteiger partial charge on any atom is 0.339 e. The fourth-order valence-corrected chi connectivity index (χ4v) is 2.97. The van der Waals surface area contributed by atoms with Gasteiger partial charge in [-0.2, -0.15) is 0 Å². The first-order valence-electron chi connectivity index (χ1n) is 6.93. The average molecular weight is 361 g/mol. The standard InChI is InChI=1S/C18H17BrO3/c1-11-8-12(2)17(13(3)9-11)16(20)10-22-18(21)14-6-4-5-7-15(14)19/h4-9H,10H2,1-3H3. The van der Waals surface area contributed by atoms with E-state index in [2.05, 4.69) is 15.9 Å². The second-order valence-electron chi connectivity index (χ2n) is 5.25. The first kappa shape index (κ1) is 16.4. The van der Waals surface area contributed by atoms with Crippen molar-refractivity contribution in [1.29, 1.82) is 0 Å². The van der Waals surface area contributed by atoms with E-state index in [0.717, 1.165) is 16.7 Å². The van der Waals surface area contributed by atoms with Crippen LogP contribution < -0.4 is 0 Å². The van der Waals surface area contributed by atoms with Gasteiger partial charge in [0.05, 0.1) is 5.56 Å². The Morgan fingerprint density at radius 2 is 1.64 bits per heavy atom. The van der Waals surface area contributed by atoms with Crippen LogP contribution in [0.1, 0.15) is 37.4 Å². The Balaban J connectivity index is 2.11. The number of carbonyl (C=O) groups excluding carboxylic acids is 2. The smallest absolute Gasteiger partial charge is 0.339 e. The number of rotatable bonds is 4. The third-order valence-electron chi connectivity index (χ3n) is 3.38. The highest BCUT2D eigenvalue weighted by atomic mass is 79.9. The lowest BCUT2D eigenvalue weighted by atomic mass is 9.97. The van der Waals surface area contributed by atoms with Gasteiger partial charge in [0, 0.05) is 10.0 Å². The van der Waals surface area contributed by atoms with E-state index in [-0.39, 0.29) is 12.4 Å². The summed E-state index contributed by atoms with van der Waals surface area (Å²) in [6, 6.07) is 10.9. The number of ether oxygens (including phenoxy) is 1. The topological polar surface area (TPSA) is 43.4 Å². The van der Waals surface area contributed by atoms with E-state index in [1.807, 2.05) is 39.0 Å². The van der Waals surface area contributed by atoms with E-state index in [0.29, 0.717) is 15.6 Å². The summed E-state index contributed by atoms with van der Waals surface area (Å²) in [5, 5.41) is 0. The molecule has 0 spiro atoms. The molecule has 0 atom stereocenters. The summed E-state index contributed by atoms with van der Waals surface area (Å²) in [6.45, 7) is 5.51. The Labute approximate surface area is 138 Å². The highest BCUT2D eigenvalue weighted by Gasteiger charge is 2.17. The molecular formula is C18H17BrO3. The lowest BCUT2D eigenvalue weighted by Gasteiger charge is -2.11. The molecule has 0 aliphatic heterocycles. The van der Waals surface area contributed by atoms with Gasteiger partial charge in [0.25, 0.3) is 0 Å². The Morgan fingerprint density at radius 1 is 1.05 bits per heavy atom. The van der Waals surface area contributed by atoms with E-state index in [1.165, 1.54) is 0 Å². The van der Waals surface area contributed by atoms with Crippen LogP contribution in [0.2, 0.25) is 0 Å². The predicted molar refractivity (Wildman–Crippen MR) is 89.4 cm³/mol. The highest BCUT2D eigenvalue weighted by molar-refractivity contribution is 9.10. The maximum atomic E-state index is 12.3. The molecule has 0 aliphatic carbocycles. The molecule has 2 rings (SSSR count). The van der Waals surface area contributed by atoms with Crippen LogP contribution in [-0.2, 0) is 4.74 Å². The van der Waals surface area contributed by atoms with E-state index in [4.69, 9.17) is 4.74 Å². The fraction of sp³-hybridized carbons (Fsp3) is 0.222. The summed E-state index contributed by atoms with van der Waals surface area (Å²) in [5.74, 6) is -0.696. The van der Waals surface area contributed by atoms with Gasteiger partial charge in [0.15, 0.2) is 6.61 Å². The Morgan fingerprint density at radius 3 is 2.23 bits per heavy atom. The van der Waals surface area contributed by atoms with Crippen LogP contribution >= 0.6 is 15.9 Å². The zero-order valence-electron chi connectivity index (χ0n) is 12.8. The zero-order chi connectivity index (χ0) is 16.3.